The Labute approximate surface area is 154 Å². The van der Waals surface area contributed by atoms with Crippen LogP contribution in [0.25, 0.3) is 0 Å². The quantitative estimate of drug-likeness (QED) is 0.283. The van der Waals surface area contributed by atoms with E-state index >= 15 is 0 Å². The molecule has 4 nitrogen and oxygen atoms in total. The molecular formula is C15H30F3IN4. The summed E-state index contributed by atoms with van der Waals surface area (Å²) in [6.07, 6.45) is -4.14. The number of aliphatic imine (C=N–C) groups is 1. The van der Waals surface area contributed by atoms with E-state index in [0.29, 0.717) is 36.9 Å². The van der Waals surface area contributed by atoms with Gasteiger partial charge in [-0.15, -0.1) is 24.0 Å². The Bertz CT molecular complexity index is 361. The van der Waals surface area contributed by atoms with Crippen molar-refractivity contribution in [3.8, 4) is 0 Å². The summed E-state index contributed by atoms with van der Waals surface area (Å²) in [5.74, 6) is 1.20. The summed E-state index contributed by atoms with van der Waals surface area (Å²) in [4.78, 5) is 6.57. The molecule has 2 unspecified atom stereocenters. The minimum atomic E-state index is -4.06. The van der Waals surface area contributed by atoms with E-state index in [1.165, 1.54) is 0 Å². The van der Waals surface area contributed by atoms with Gasteiger partial charge in [0.2, 0.25) is 0 Å². The molecule has 1 rings (SSSR count). The maximum atomic E-state index is 12.1. The van der Waals surface area contributed by atoms with E-state index in [9.17, 15) is 13.2 Å². The molecule has 1 aliphatic rings. The Morgan fingerprint density at radius 1 is 1.26 bits per heavy atom. The standard InChI is InChI=1S/C15H29F3N4.HI/c1-11(2)22-9-12(3)13(10-22)21-14(19-4)20-8-6-5-7-15(16,17)18;/h11-13H,5-10H2,1-4H3,(H2,19,20,21);1H. The fourth-order valence-electron chi connectivity index (χ4n) is 2.64. The van der Waals surface area contributed by atoms with Crippen LogP contribution in [0.4, 0.5) is 13.2 Å². The average molecular weight is 450 g/mol. The van der Waals surface area contributed by atoms with Crippen LogP contribution in [0.5, 0.6) is 0 Å². The maximum absolute atomic E-state index is 12.1. The van der Waals surface area contributed by atoms with Crippen molar-refractivity contribution in [3.05, 3.63) is 0 Å². The molecule has 0 spiro atoms. The van der Waals surface area contributed by atoms with Crippen LogP contribution in [-0.2, 0) is 0 Å². The molecule has 0 radical (unpaired) electrons. The molecule has 0 aliphatic carbocycles. The zero-order chi connectivity index (χ0) is 16.8. The van der Waals surface area contributed by atoms with Crippen LogP contribution >= 0.6 is 24.0 Å². The summed E-state index contributed by atoms with van der Waals surface area (Å²) < 4.78 is 36.2. The summed E-state index contributed by atoms with van der Waals surface area (Å²) in [5.41, 5.74) is 0. The van der Waals surface area contributed by atoms with Crippen molar-refractivity contribution in [2.75, 3.05) is 26.7 Å². The van der Waals surface area contributed by atoms with Crippen LogP contribution in [0.1, 0.15) is 40.0 Å². The third kappa shape index (κ3) is 8.97. The van der Waals surface area contributed by atoms with Crippen LogP contribution in [-0.4, -0.2) is 55.8 Å². The lowest BCUT2D eigenvalue weighted by Gasteiger charge is -2.22. The number of hydrogen-bond donors (Lipinski definition) is 2. The van der Waals surface area contributed by atoms with Gasteiger partial charge in [-0.2, -0.15) is 13.2 Å². The third-order valence-electron chi connectivity index (χ3n) is 4.10. The van der Waals surface area contributed by atoms with Crippen molar-refractivity contribution in [2.45, 2.75) is 58.3 Å². The second-order valence-corrected chi connectivity index (χ2v) is 6.35. The summed E-state index contributed by atoms with van der Waals surface area (Å²) in [6.45, 7) is 9.10. The van der Waals surface area contributed by atoms with E-state index in [4.69, 9.17) is 0 Å². The highest BCUT2D eigenvalue weighted by atomic mass is 127. The van der Waals surface area contributed by atoms with E-state index in [-0.39, 0.29) is 30.4 Å². The fraction of sp³-hybridized carbons (Fsp3) is 0.933. The molecule has 0 aromatic carbocycles. The second kappa shape index (κ2) is 10.6. The lowest BCUT2D eigenvalue weighted by Crippen LogP contribution is -2.47. The van der Waals surface area contributed by atoms with Gasteiger partial charge in [-0.05, 0) is 32.6 Å². The predicted octanol–water partition coefficient (Wildman–Crippen LogP) is 3.23. The van der Waals surface area contributed by atoms with Gasteiger partial charge < -0.3 is 10.6 Å². The molecule has 0 saturated carbocycles. The van der Waals surface area contributed by atoms with Crippen LogP contribution < -0.4 is 10.6 Å². The second-order valence-electron chi connectivity index (χ2n) is 6.35. The molecular weight excluding hydrogens is 420 g/mol. The number of hydrogen-bond acceptors (Lipinski definition) is 2. The van der Waals surface area contributed by atoms with Gasteiger partial charge in [-0.1, -0.05) is 6.92 Å². The Kier molecular flexibility index (Phi) is 10.5. The minimum Gasteiger partial charge on any atom is -0.356 e. The topological polar surface area (TPSA) is 39.7 Å². The van der Waals surface area contributed by atoms with E-state index < -0.39 is 12.6 Å². The van der Waals surface area contributed by atoms with Gasteiger partial charge >= 0.3 is 6.18 Å². The van der Waals surface area contributed by atoms with Gasteiger partial charge in [0, 0.05) is 45.2 Å². The molecule has 8 heteroatoms. The lowest BCUT2D eigenvalue weighted by atomic mass is 10.1. The summed E-state index contributed by atoms with van der Waals surface area (Å²) in [5, 5.41) is 6.48. The third-order valence-corrected chi connectivity index (χ3v) is 4.10. The largest absolute Gasteiger partial charge is 0.389 e. The molecule has 23 heavy (non-hydrogen) atoms. The van der Waals surface area contributed by atoms with Crippen molar-refractivity contribution in [2.24, 2.45) is 10.9 Å². The maximum Gasteiger partial charge on any atom is 0.389 e. The van der Waals surface area contributed by atoms with Crippen LogP contribution in [0.15, 0.2) is 4.99 Å². The number of halogens is 4. The number of nitrogens with one attached hydrogen (secondary N) is 2. The number of alkyl halides is 3. The molecule has 0 aromatic rings. The Balaban J connectivity index is 0.00000484. The van der Waals surface area contributed by atoms with Crippen molar-refractivity contribution < 1.29 is 13.2 Å². The van der Waals surface area contributed by atoms with Gasteiger partial charge in [-0.25, -0.2) is 0 Å². The van der Waals surface area contributed by atoms with E-state index in [0.717, 1.165) is 13.1 Å². The molecule has 1 aliphatic heterocycles. The Morgan fingerprint density at radius 3 is 2.39 bits per heavy atom. The number of guanidine groups is 1. The molecule has 2 N–H and O–H groups in total. The van der Waals surface area contributed by atoms with Crippen LogP contribution in [0, 0.1) is 5.92 Å². The first-order valence-corrected chi connectivity index (χ1v) is 8.01. The SMILES string of the molecule is CN=C(NCCCCC(F)(F)F)NC1CN(C(C)C)CC1C.I. The number of unbranched alkanes of at least 4 members (excludes halogenated alkanes) is 1. The first-order valence-electron chi connectivity index (χ1n) is 8.01. The molecule has 0 bridgehead atoms. The van der Waals surface area contributed by atoms with Gasteiger partial charge in [0.25, 0.3) is 0 Å². The van der Waals surface area contributed by atoms with Crippen molar-refractivity contribution in [1.29, 1.82) is 0 Å². The first-order chi connectivity index (χ1) is 10.2. The molecule has 1 heterocycles. The predicted molar refractivity (Wildman–Crippen MR) is 99.5 cm³/mol. The summed E-state index contributed by atoms with van der Waals surface area (Å²) in [7, 11) is 1.69. The Hall–Kier alpha value is -0.250. The van der Waals surface area contributed by atoms with Crippen molar-refractivity contribution in [3.63, 3.8) is 0 Å². The normalized spacial score (nSPS) is 23.0. The smallest absolute Gasteiger partial charge is 0.356 e. The highest BCUT2D eigenvalue weighted by molar-refractivity contribution is 14.0. The van der Waals surface area contributed by atoms with Crippen LogP contribution in [0.2, 0.25) is 0 Å². The van der Waals surface area contributed by atoms with Crippen LogP contribution in [0.3, 0.4) is 0 Å². The van der Waals surface area contributed by atoms with Crippen molar-refractivity contribution >= 4 is 29.9 Å². The average Bonchev–Trinajstić information content (AvgIpc) is 2.77. The molecule has 138 valence electrons. The van der Waals surface area contributed by atoms with Gasteiger partial charge in [-0.3, -0.25) is 9.89 Å². The molecule has 1 fully saturated rings. The first kappa shape index (κ1) is 22.8. The number of rotatable bonds is 6. The number of nitrogens with zero attached hydrogens (tertiary/aromatic N) is 2. The fourth-order valence-corrected chi connectivity index (χ4v) is 2.64. The summed E-state index contributed by atoms with van der Waals surface area (Å²) in [6, 6.07) is 0.843. The van der Waals surface area contributed by atoms with Crippen molar-refractivity contribution in [1.82, 2.24) is 15.5 Å². The molecule has 1 saturated heterocycles. The van der Waals surface area contributed by atoms with Gasteiger partial charge in [0.05, 0.1) is 0 Å². The summed E-state index contributed by atoms with van der Waals surface area (Å²) >= 11 is 0. The monoisotopic (exact) mass is 450 g/mol. The highest BCUT2D eigenvalue weighted by Crippen LogP contribution is 2.22. The molecule has 0 amide bonds. The zero-order valence-electron chi connectivity index (χ0n) is 14.4. The minimum absolute atomic E-state index is 0. The number of likely N-dealkylation sites (tertiary alicyclic amines) is 1. The molecule has 2 atom stereocenters. The Morgan fingerprint density at radius 2 is 1.91 bits per heavy atom. The van der Waals surface area contributed by atoms with E-state index in [2.05, 4.69) is 41.3 Å². The van der Waals surface area contributed by atoms with E-state index in [1.807, 2.05) is 0 Å². The molecule has 0 aromatic heterocycles. The zero-order valence-corrected chi connectivity index (χ0v) is 16.7. The van der Waals surface area contributed by atoms with Gasteiger partial charge in [0.15, 0.2) is 5.96 Å². The van der Waals surface area contributed by atoms with Gasteiger partial charge in [0.1, 0.15) is 0 Å². The lowest BCUT2D eigenvalue weighted by molar-refractivity contribution is -0.135. The van der Waals surface area contributed by atoms with E-state index in [1.54, 1.807) is 7.05 Å². The highest BCUT2D eigenvalue weighted by Gasteiger charge is 2.31.